The first-order valence-corrected chi connectivity index (χ1v) is 9.63. The second-order valence-corrected chi connectivity index (χ2v) is 8.65. The van der Waals surface area contributed by atoms with Gasteiger partial charge in [0.2, 0.25) is 5.91 Å². The molecule has 0 radical (unpaired) electrons. The summed E-state index contributed by atoms with van der Waals surface area (Å²) in [7, 11) is 0. The Kier molecular flexibility index (Phi) is 4.20. The van der Waals surface area contributed by atoms with Crippen LogP contribution < -0.4 is 0 Å². The molecule has 26 heavy (non-hydrogen) atoms. The lowest BCUT2D eigenvalue weighted by molar-refractivity contribution is -0.169. The van der Waals surface area contributed by atoms with Gasteiger partial charge in [0, 0.05) is 13.1 Å². The lowest BCUT2D eigenvalue weighted by Gasteiger charge is -2.47. The fourth-order valence-electron chi connectivity index (χ4n) is 4.93. The van der Waals surface area contributed by atoms with E-state index in [0.29, 0.717) is 13.2 Å². The first kappa shape index (κ1) is 18.0. The molecule has 1 spiro atoms. The van der Waals surface area contributed by atoms with Crippen LogP contribution in [0.15, 0.2) is 0 Å². The minimum Gasteiger partial charge on any atom is -0.465 e. The highest BCUT2D eigenvalue weighted by atomic mass is 16.5. The Hall–Kier alpha value is -1.38. The van der Waals surface area contributed by atoms with E-state index in [1.165, 1.54) is 0 Å². The van der Waals surface area contributed by atoms with E-state index >= 15 is 0 Å². The van der Waals surface area contributed by atoms with Crippen molar-refractivity contribution in [2.45, 2.75) is 63.4 Å². The van der Waals surface area contributed by atoms with Crippen molar-refractivity contribution < 1.29 is 24.5 Å². The molecule has 4 aliphatic rings. The molecule has 0 aromatic rings. The van der Waals surface area contributed by atoms with E-state index in [0.717, 1.165) is 43.7 Å². The molecule has 2 amide bonds. The number of β-amino-alcohol motifs (C(OH)–C–C–N with tert-alkyl or cyclic N) is 1. The zero-order chi connectivity index (χ0) is 18.7. The second kappa shape index (κ2) is 6.07. The zero-order valence-corrected chi connectivity index (χ0v) is 15.6. The molecule has 1 aliphatic carbocycles. The number of carbonyl (C=O) groups is 2. The molecule has 4 unspecified atom stereocenters. The monoisotopic (exact) mass is 367 g/mol. The van der Waals surface area contributed by atoms with Gasteiger partial charge >= 0.3 is 6.09 Å². The molecule has 0 aromatic carbocycles. The Labute approximate surface area is 153 Å². The number of likely N-dealkylation sites (tertiary alicyclic amines) is 1. The van der Waals surface area contributed by atoms with E-state index in [1.807, 2.05) is 0 Å². The van der Waals surface area contributed by atoms with Crippen LogP contribution in [0.25, 0.3) is 0 Å². The molecule has 4 atom stereocenters. The summed E-state index contributed by atoms with van der Waals surface area (Å²) >= 11 is 0. The molecule has 0 bridgehead atoms. The molecule has 146 valence electrons. The third-order valence-electron chi connectivity index (χ3n) is 6.97. The third kappa shape index (κ3) is 2.78. The van der Waals surface area contributed by atoms with Crippen molar-refractivity contribution in [3.63, 3.8) is 0 Å². The molecule has 0 aromatic heterocycles. The molecule has 4 fully saturated rings. The number of piperidine rings is 1. The predicted octanol–water partition coefficient (Wildman–Crippen LogP) is 0.549. The SMILES string of the molecule is CC1C(=O)N2C(CCN3CCC4(CC4)C(O)C3)COC2(C)CN1C(=O)O. The molecule has 3 heterocycles. The summed E-state index contributed by atoms with van der Waals surface area (Å²) in [4.78, 5) is 29.4. The quantitative estimate of drug-likeness (QED) is 0.757. The summed E-state index contributed by atoms with van der Waals surface area (Å²) in [6.07, 6.45) is 2.81. The molecular formula is C18H29N3O5. The normalized spacial score (nSPS) is 39.3. The van der Waals surface area contributed by atoms with Crippen LogP contribution in [0.4, 0.5) is 4.79 Å². The van der Waals surface area contributed by atoms with Crippen molar-refractivity contribution in [1.82, 2.24) is 14.7 Å². The van der Waals surface area contributed by atoms with Crippen LogP contribution in [0.3, 0.4) is 0 Å². The number of carbonyl (C=O) groups excluding carboxylic acids is 1. The van der Waals surface area contributed by atoms with Gasteiger partial charge in [0.15, 0.2) is 5.72 Å². The highest BCUT2D eigenvalue weighted by Crippen LogP contribution is 2.53. The fraction of sp³-hybridized carbons (Fsp3) is 0.889. The number of aliphatic hydroxyl groups excluding tert-OH is 1. The molecule has 4 rings (SSSR count). The summed E-state index contributed by atoms with van der Waals surface area (Å²) < 4.78 is 5.89. The third-order valence-corrected chi connectivity index (χ3v) is 6.97. The topological polar surface area (TPSA) is 93.6 Å². The van der Waals surface area contributed by atoms with Gasteiger partial charge in [0.25, 0.3) is 0 Å². The van der Waals surface area contributed by atoms with Gasteiger partial charge in [-0.25, -0.2) is 4.79 Å². The number of fused-ring (bicyclic) bond motifs is 1. The average molecular weight is 367 g/mol. The van der Waals surface area contributed by atoms with E-state index in [1.54, 1.807) is 18.7 Å². The Bertz CT molecular complexity index is 610. The number of aliphatic hydroxyl groups is 1. The van der Waals surface area contributed by atoms with Gasteiger partial charge in [-0.2, -0.15) is 0 Å². The first-order chi connectivity index (χ1) is 12.3. The van der Waals surface area contributed by atoms with Crippen LogP contribution in [-0.2, 0) is 9.53 Å². The minimum absolute atomic E-state index is 0.0418. The molecule has 3 aliphatic heterocycles. The van der Waals surface area contributed by atoms with Crippen LogP contribution in [-0.4, -0.2) is 93.6 Å². The number of nitrogens with zero attached hydrogens (tertiary/aromatic N) is 3. The first-order valence-electron chi connectivity index (χ1n) is 9.63. The van der Waals surface area contributed by atoms with Gasteiger partial charge in [0.05, 0.1) is 25.3 Å². The van der Waals surface area contributed by atoms with E-state index in [9.17, 15) is 19.8 Å². The minimum atomic E-state index is -1.09. The number of piperazine rings is 1. The molecule has 8 heteroatoms. The standard InChI is InChI=1S/C18H29N3O5/c1-12-15(23)21-13(10-26-17(21,2)11-20(12)16(24)25)3-7-19-8-6-18(4-5-18)14(22)9-19/h12-14,22H,3-11H2,1-2H3,(H,24,25). The highest BCUT2D eigenvalue weighted by Gasteiger charge is 2.55. The molecule has 8 nitrogen and oxygen atoms in total. The van der Waals surface area contributed by atoms with Crippen molar-refractivity contribution in [3.8, 4) is 0 Å². The molecule has 2 N–H and O–H groups in total. The highest BCUT2D eigenvalue weighted by molar-refractivity contribution is 5.87. The predicted molar refractivity (Wildman–Crippen MR) is 92.5 cm³/mol. The van der Waals surface area contributed by atoms with E-state index in [4.69, 9.17) is 4.74 Å². The smallest absolute Gasteiger partial charge is 0.408 e. The Morgan fingerprint density at radius 2 is 2.08 bits per heavy atom. The maximum atomic E-state index is 12.8. The van der Waals surface area contributed by atoms with E-state index in [2.05, 4.69) is 4.90 Å². The van der Waals surface area contributed by atoms with Crippen molar-refractivity contribution >= 4 is 12.0 Å². The van der Waals surface area contributed by atoms with Crippen molar-refractivity contribution in [2.24, 2.45) is 5.41 Å². The van der Waals surface area contributed by atoms with Crippen LogP contribution in [0.2, 0.25) is 0 Å². The lowest BCUT2D eigenvalue weighted by Crippen LogP contribution is -2.67. The molecule has 3 saturated heterocycles. The number of carboxylic acid groups (broad SMARTS) is 1. The summed E-state index contributed by atoms with van der Waals surface area (Å²) in [5, 5.41) is 19.7. The maximum Gasteiger partial charge on any atom is 0.408 e. The number of hydrogen-bond donors (Lipinski definition) is 2. The maximum absolute atomic E-state index is 12.8. The summed E-state index contributed by atoms with van der Waals surface area (Å²) in [5.41, 5.74) is -0.684. The molecule has 1 saturated carbocycles. The van der Waals surface area contributed by atoms with Crippen molar-refractivity contribution in [3.05, 3.63) is 0 Å². The number of hydrogen-bond acceptors (Lipinski definition) is 5. The van der Waals surface area contributed by atoms with Crippen LogP contribution in [0.5, 0.6) is 0 Å². The van der Waals surface area contributed by atoms with Crippen LogP contribution in [0.1, 0.15) is 39.5 Å². The summed E-state index contributed by atoms with van der Waals surface area (Å²) in [5.74, 6) is -0.181. The second-order valence-electron chi connectivity index (χ2n) is 8.65. The number of amides is 2. The average Bonchev–Trinajstić information content (AvgIpc) is 3.29. The van der Waals surface area contributed by atoms with Crippen molar-refractivity contribution in [1.29, 1.82) is 0 Å². The van der Waals surface area contributed by atoms with Gasteiger partial charge in [0.1, 0.15) is 6.04 Å². The zero-order valence-electron chi connectivity index (χ0n) is 15.6. The van der Waals surface area contributed by atoms with Gasteiger partial charge in [-0.15, -0.1) is 0 Å². The lowest BCUT2D eigenvalue weighted by atomic mass is 9.90. The molecular weight excluding hydrogens is 338 g/mol. The van der Waals surface area contributed by atoms with Crippen LogP contribution in [0, 0.1) is 5.41 Å². The Balaban J connectivity index is 1.38. The largest absolute Gasteiger partial charge is 0.465 e. The Morgan fingerprint density at radius 1 is 1.35 bits per heavy atom. The fourth-order valence-corrected chi connectivity index (χ4v) is 4.93. The summed E-state index contributed by atoms with van der Waals surface area (Å²) in [6, 6.07) is -0.726. The summed E-state index contributed by atoms with van der Waals surface area (Å²) in [6.45, 7) is 6.58. The van der Waals surface area contributed by atoms with Gasteiger partial charge in [-0.05, 0) is 51.5 Å². The Morgan fingerprint density at radius 3 is 2.69 bits per heavy atom. The van der Waals surface area contributed by atoms with Gasteiger partial charge < -0.3 is 24.7 Å². The number of ether oxygens (including phenoxy) is 1. The van der Waals surface area contributed by atoms with E-state index < -0.39 is 17.9 Å². The van der Waals surface area contributed by atoms with Gasteiger partial charge in [-0.1, -0.05) is 0 Å². The van der Waals surface area contributed by atoms with E-state index in [-0.39, 0.29) is 30.0 Å². The van der Waals surface area contributed by atoms with Crippen LogP contribution >= 0.6 is 0 Å². The van der Waals surface area contributed by atoms with Gasteiger partial charge in [-0.3, -0.25) is 9.69 Å². The number of rotatable bonds is 3. The van der Waals surface area contributed by atoms with Crippen molar-refractivity contribution in [2.75, 3.05) is 32.8 Å².